The molecule has 6 nitrogen and oxygen atoms in total. The van der Waals surface area contributed by atoms with E-state index < -0.39 is 0 Å². The van der Waals surface area contributed by atoms with Gasteiger partial charge >= 0.3 is 0 Å². The van der Waals surface area contributed by atoms with E-state index in [9.17, 15) is 9.59 Å². The number of hydrogen-bond acceptors (Lipinski definition) is 5. The zero-order valence-corrected chi connectivity index (χ0v) is 21.8. The summed E-state index contributed by atoms with van der Waals surface area (Å²) in [6.45, 7) is 4.63. The first-order valence-electron chi connectivity index (χ1n) is 11.8. The molecule has 1 fully saturated rings. The van der Waals surface area contributed by atoms with Gasteiger partial charge in [0.1, 0.15) is 11.4 Å². The van der Waals surface area contributed by atoms with E-state index in [2.05, 4.69) is 6.92 Å². The molecule has 0 unspecified atom stereocenters. The van der Waals surface area contributed by atoms with Crippen molar-refractivity contribution in [2.75, 3.05) is 11.5 Å². The number of anilines is 1. The van der Waals surface area contributed by atoms with Crippen LogP contribution >= 0.6 is 24.0 Å². The van der Waals surface area contributed by atoms with Gasteiger partial charge in [-0.3, -0.25) is 19.2 Å². The highest BCUT2D eigenvalue weighted by molar-refractivity contribution is 8.27. The van der Waals surface area contributed by atoms with Gasteiger partial charge in [0.2, 0.25) is 0 Å². The number of thiocarbonyl (C=S) groups is 1. The van der Waals surface area contributed by atoms with E-state index in [1.54, 1.807) is 22.5 Å². The molecule has 3 aromatic rings. The number of benzene rings is 2. The Hall–Kier alpha value is -3.10. The smallest absolute Gasteiger partial charge is 0.296 e. The predicted octanol–water partition coefficient (Wildman–Crippen LogP) is 5.85. The Labute approximate surface area is 215 Å². The molecule has 0 atom stereocenters. The van der Waals surface area contributed by atoms with E-state index in [-0.39, 0.29) is 17.2 Å². The number of rotatable bonds is 9. The maximum absolute atomic E-state index is 13.5. The van der Waals surface area contributed by atoms with Crippen LogP contribution in [-0.2, 0) is 11.8 Å². The zero-order valence-electron chi connectivity index (χ0n) is 20.2. The SMILES string of the molecule is CCCCCCOc1ccccc1/C=C1\SC(=S)N(c2c(C)n(C)n(-c3ccccc3)c2=O)C1=O. The first-order valence-corrected chi connectivity index (χ1v) is 13.0. The maximum atomic E-state index is 13.5. The number of carbonyl (C=O) groups is 1. The first kappa shape index (κ1) is 25.0. The number of unbranched alkanes of at least 4 members (excludes halogenated alkanes) is 3. The molecule has 0 radical (unpaired) electrons. The van der Waals surface area contributed by atoms with Crippen LogP contribution in [0.25, 0.3) is 11.8 Å². The van der Waals surface area contributed by atoms with Gasteiger partial charge in [0.25, 0.3) is 11.5 Å². The van der Waals surface area contributed by atoms with Crippen LogP contribution < -0.4 is 15.2 Å². The lowest BCUT2D eigenvalue weighted by Gasteiger charge is -2.12. The number of nitrogens with zero attached hydrogens (tertiary/aromatic N) is 3. The Kier molecular flexibility index (Phi) is 7.93. The Morgan fingerprint density at radius 3 is 2.46 bits per heavy atom. The van der Waals surface area contributed by atoms with Crippen LogP contribution in [0, 0.1) is 6.92 Å². The zero-order chi connectivity index (χ0) is 24.9. The summed E-state index contributed by atoms with van der Waals surface area (Å²) in [7, 11) is 1.80. The fourth-order valence-corrected chi connectivity index (χ4v) is 5.32. The minimum absolute atomic E-state index is 0.280. The second-order valence-electron chi connectivity index (χ2n) is 8.37. The summed E-state index contributed by atoms with van der Waals surface area (Å²) in [4.78, 5) is 28.7. The highest BCUT2D eigenvalue weighted by atomic mass is 32.2. The molecule has 0 N–H and O–H groups in total. The van der Waals surface area contributed by atoms with Gasteiger partial charge in [0.15, 0.2) is 4.32 Å². The van der Waals surface area contributed by atoms with Gasteiger partial charge in [-0.2, -0.15) is 0 Å². The van der Waals surface area contributed by atoms with Crippen molar-refractivity contribution >= 4 is 46.0 Å². The Bertz CT molecular complexity index is 1330. The lowest BCUT2D eigenvalue weighted by molar-refractivity contribution is -0.113. The molecule has 35 heavy (non-hydrogen) atoms. The molecule has 1 amide bonds. The van der Waals surface area contributed by atoms with E-state index in [0.717, 1.165) is 29.8 Å². The number of amides is 1. The third-order valence-electron chi connectivity index (χ3n) is 6.00. The van der Waals surface area contributed by atoms with Gasteiger partial charge < -0.3 is 4.74 Å². The molecule has 2 aromatic carbocycles. The molecular weight excluding hydrogens is 478 g/mol. The summed E-state index contributed by atoms with van der Waals surface area (Å²) in [5.41, 5.74) is 2.19. The van der Waals surface area contributed by atoms with Crippen LogP contribution in [0.15, 0.2) is 64.3 Å². The summed E-state index contributed by atoms with van der Waals surface area (Å²) in [6, 6.07) is 17.0. The van der Waals surface area contributed by atoms with Crippen molar-refractivity contribution in [3.05, 3.63) is 81.1 Å². The minimum atomic E-state index is -0.302. The third kappa shape index (κ3) is 5.13. The summed E-state index contributed by atoms with van der Waals surface area (Å²) in [5.74, 6) is 0.431. The third-order valence-corrected chi connectivity index (χ3v) is 7.30. The van der Waals surface area contributed by atoms with Gasteiger partial charge in [-0.25, -0.2) is 4.68 Å². The minimum Gasteiger partial charge on any atom is -0.493 e. The fraction of sp³-hybridized carbons (Fsp3) is 0.296. The topological polar surface area (TPSA) is 56.5 Å². The van der Waals surface area contributed by atoms with Crippen molar-refractivity contribution in [2.24, 2.45) is 7.05 Å². The molecule has 2 heterocycles. The van der Waals surface area contributed by atoms with E-state index in [0.29, 0.717) is 21.5 Å². The predicted molar refractivity (Wildman–Crippen MR) is 147 cm³/mol. The molecule has 1 aliphatic heterocycles. The average Bonchev–Trinajstić information content (AvgIpc) is 3.25. The molecule has 0 aliphatic carbocycles. The number of carbonyl (C=O) groups excluding carboxylic acids is 1. The van der Waals surface area contributed by atoms with Crippen LogP contribution in [0.3, 0.4) is 0 Å². The van der Waals surface area contributed by atoms with Gasteiger partial charge in [0, 0.05) is 12.6 Å². The lowest BCUT2D eigenvalue weighted by Crippen LogP contribution is -2.33. The molecule has 1 aliphatic rings. The largest absolute Gasteiger partial charge is 0.493 e. The van der Waals surface area contributed by atoms with Gasteiger partial charge in [0.05, 0.1) is 22.9 Å². The summed E-state index contributed by atoms with van der Waals surface area (Å²) in [5, 5.41) is 0. The molecule has 8 heteroatoms. The van der Waals surface area contributed by atoms with Crippen molar-refractivity contribution < 1.29 is 9.53 Å². The van der Waals surface area contributed by atoms with Crippen LogP contribution in [0.1, 0.15) is 43.9 Å². The quantitative estimate of drug-likeness (QED) is 0.207. The van der Waals surface area contributed by atoms with Crippen LogP contribution in [0.4, 0.5) is 5.69 Å². The monoisotopic (exact) mass is 507 g/mol. The van der Waals surface area contributed by atoms with Crippen molar-refractivity contribution in [2.45, 2.75) is 39.5 Å². The maximum Gasteiger partial charge on any atom is 0.296 e. The average molecular weight is 508 g/mol. The van der Waals surface area contributed by atoms with Crippen molar-refractivity contribution in [1.29, 1.82) is 0 Å². The van der Waals surface area contributed by atoms with E-state index in [1.807, 2.05) is 61.5 Å². The molecule has 182 valence electrons. The molecule has 1 saturated heterocycles. The van der Waals surface area contributed by atoms with Gasteiger partial charge in [-0.15, -0.1) is 0 Å². The molecular formula is C27H29N3O3S2. The van der Waals surface area contributed by atoms with E-state index in [4.69, 9.17) is 17.0 Å². The number of aromatic nitrogens is 2. The Balaban J connectivity index is 1.63. The number of thioether (sulfide) groups is 1. The van der Waals surface area contributed by atoms with E-state index >= 15 is 0 Å². The molecule has 0 spiro atoms. The summed E-state index contributed by atoms with van der Waals surface area (Å²) >= 11 is 6.76. The molecule has 0 bridgehead atoms. The number of ether oxygens (including phenoxy) is 1. The lowest BCUT2D eigenvalue weighted by atomic mass is 10.1. The molecule has 1 aromatic heterocycles. The number of para-hydroxylation sites is 2. The van der Waals surface area contributed by atoms with Crippen molar-refractivity contribution in [3.8, 4) is 11.4 Å². The Morgan fingerprint density at radius 1 is 1.00 bits per heavy atom. The molecule has 4 rings (SSSR count). The standard InChI is InChI=1S/C27H29N3O3S2/c1-4-5-6-12-17-33-22-16-11-10-13-20(22)18-23-25(31)29(27(34)35-23)24-19(2)28(3)30(26(24)32)21-14-8-7-9-15-21/h7-11,13-16,18H,4-6,12,17H2,1-3H3/b23-18-. The fourth-order valence-electron chi connectivity index (χ4n) is 4.06. The second kappa shape index (κ2) is 11.1. The van der Waals surface area contributed by atoms with Crippen molar-refractivity contribution in [1.82, 2.24) is 9.36 Å². The van der Waals surface area contributed by atoms with E-state index in [1.165, 1.54) is 29.5 Å². The van der Waals surface area contributed by atoms with Crippen LogP contribution in [0.2, 0.25) is 0 Å². The summed E-state index contributed by atoms with van der Waals surface area (Å²) < 4.78 is 9.64. The highest BCUT2D eigenvalue weighted by Gasteiger charge is 2.37. The number of hydrogen-bond donors (Lipinski definition) is 0. The van der Waals surface area contributed by atoms with Crippen LogP contribution in [-0.4, -0.2) is 26.2 Å². The molecule has 0 saturated carbocycles. The van der Waals surface area contributed by atoms with Crippen LogP contribution in [0.5, 0.6) is 5.75 Å². The summed E-state index contributed by atoms with van der Waals surface area (Å²) in [6.07, 6.45) is 6.29. The van der Waals surface area contributed by atoms with Crippen molar-refractivity contribution in [3.63, 3.8) is 0 Å². The highest BCUT2D eigenvalue weighted by Crippen LogP contribution is 2.37. The normalized spacial score (nSPS) is 14.8. The Morgan fingerprint density at radius 2 is 1.71 bits per heavy atom. The first-order chi connectivity index (χ1) is 16.9. The second-order valence-corrected chi connectivity index (χ2v) is 10.0. The van der Waals surface area contributed by atoms with Gasteiger partial charge in [-0.05, 0) is 37.6 Å². The van der Waals surface area contributed by atoms with Gasteiger partial charge in [-0.1, -0.05) is 86.6 Å².